The lowest BCUT2D eigenvalue weighted by Crippen LogP contribution is -2.59. The molecule has 16 heteroatoms. The standard InChI is InChI=1S/C25H37N9O7/c1-13(35)20(24(40)41)34-23(39)18(9-14-4-6-16(36)7-5-14)33-22(38)19(10-15-11-29-12-31-15)32-21(37)17(26)3-2-8-30-25(27)28/h4-7,11-13,17-20,35-36H,2-3,8-10,26H2,1H3,(H,29,31)(H,32,37)(H,33,38)(H,34,39)(H,40,41)(H4,27,28,30). The van der Waals surface area contributed by atoms with E-state index in [1.165, 1.54) is 43.7 Å². The molecule has 1 heterocycles. The number of aliphatic hydroxyl groups is 1. The van der Waals surface area contributed by atoms with Crippen molar-refractivity contribution in [3.8, 4) is 5.75 Å². The van der Waals surface area contributed by atoms with Crippen molar-refractivity contribution < 1.29 is 34.5 Å². The van der Waals surface area contributed by atoms with Crippen LogP contribution in [0.5, 0.6) is 5.75 Å². The van der Waals surface area contributed by atoms with Crippen molar-refractivity contribution in [2.75, 3.05) is 6.54 Å². The van der Waals surface area contributed by atoms with E-state index in [4.69, 9.17) is 17.2 Å². The maximum Gasteiger partial charge on any atom is 0.328 e. The fourth-order valence-electron chi connectivity index (χ4n) is 3.75. The van der Waals surface area contributed by atoms with Crippen molar-refractivity contribution in [3.05, 3.63) is 48.0 Å². The minimum atomic E-state index is -1.64. The van der Waals surface area contributed by atoms with Crippen molar-refractivity contribution in [3.63, 3.8) is 0 Å². The highest BCUT2D eigenvalue weighted by Gasteiger charge is 2.32. The highest BCUT2D eigenvalue weighted by molar-refractivity contribution is 5.94. The number of phenolic OH excluding ortho intramolecular Hbond substituents is 1. The summed E-state index contributed by atoms with van der Waals surface area (Å²) in [5.74, 6) is -3.86. The van der Waals surface area contributed by atoms with Crippen molar-refractivity contribution in [1.82, 2.24) is 25.9 Å². The molecule has 5 atom stereocenters. The number of aromatic hydroxyl groups is 1. The summed E-state index contributed by atoms with van der Waals surface area (Å²) in [4.78, 5) is 61.5. The molecule has 0 radical (unpaired) electrons. The molecular formula is C25H37N9O7. The molecule has 3 amide bonds. The van der Waals surface area contributed by atoms with Crippen LogP contribution in [0.1, 0.15) is 31.0 Å². The first-order chi connectivity index (χ1) is 19.4. The molecule has 0 spiro atoms. The van der Waals surface area contributed by atoms with Crippen LogP contribution in [-0.4, -0.2) is 91.8 Å². The second kappa shape index (κ2) is 15.8. The largest absolute Gasteiger partial charge is 0.508 e. The van der Waals surface area contributed by atoms with E-state index in [-0.39, 0.29) is 37.5 Å². The Labute approximate surface area is 235 Å². The fourth-order valence-corrected chi connectivity index (χ4v) is 3.75. The number of nitrogens with two attached hydrogens (primary N) is 3. The Balaban J connectivity index is 2.24. The number of carboxylic acid groups (broad SMARTS) is 1. The topological polar surface area (TPSA) is 284 Å². The molecule has 0 aliphatic rings. The number of hydrogen-bond donors (Lipinski definition) is 10. The van der Waals surface area contributed by atoms with Gasteiger partial charge in [-0.25, -0.2) is 9.78 Å². The number of imidazole rings is 1. The molecular weight excluding hydrogens is 538 g/mol. The second-order valence-electron chi connectivity index (χ2n) is 9.39. The lowest BCUT2D eigenvalue weighted by molar-refractivity contribution is -0.145. The van der Waals surface area contributed by atoms with Crippen LogP contribution in [0.25, 0.3) is 0 Å². The Bertz CT molecular complexity index is 1180. The van der Waals surface area contributed by atoms with Gasteiger partial charge in [0.25, 0.3) is 0 Å². The highest BCUT2D eigenvalue weighted by Crippen LogP contribution is 2.12. The number of aliphatic imine (C=N–C) groups is 1. The zero-order valence-electron chi connectivity index (χ0n) is 22.5. The third-order valence-electron chi connectivity index (χ3n) is 5.97. The molecule has 2 aromatic rings. The number of phenols is 1. The van der Waals surface area contributed by atoms with Crippen molar-refractivity contribution in [1.29, 1.82) is 0 Å². The first-order valence-electron chi connectivity index (χ1n) is 12.8. The van der Waals surface area contributed by atoms with E-state index in [0.717, 1.165) is 0 Å². The monoisotopic (exact) mass is 575 g/mol. The number of aromatic amines is 1. The number of aliphatic hydroxyl groups excluding tert-OH is 1. The molecule has 1 aromatic heterocycles. The number of nitrogens with one attached hydrogen (secondary N) is 4. The van der Waals surface area contributed by atoms with E-state index < -0.39 is 54.0 Å². The van der Waals surface area contributed by atoms with Gasteiger partial charge in [-0.3, -0.25) is 19.4 Å². The summed E-state index contributed by atoms with van der Waals surface area (Å²) in [5.41, 5.74) is 17.6. The quantitative estimate of drug-likeness (QED) is 0.0554. The molecule has 5 unspecified atom stereocenters. The summed E-state index contributed by atoms with van der Waals surface area (Å²) >= 11 is 0. The number of aromatic nitrogens is 2. The van der Waals surface area contributed by atoms with Crippen LogP contribution in [0.4, 0.5) is 0 Å². The molecule has 0 fully saturated rings. The summed E-state index contributed by atoms with van der Waals surface area (Å²) < 4.78 is 0. The zero-order valence-corrected chi connectivity index (χ0v) is 22.5. The molecule has 0 saturated carbocycles. The molecule has 2 rings (SSSR count). The lowest BCUT2D eigenvalue weighted by atomic mass is 10.0. The zero-order chi connectivity index (χ0) is 30.5. The second-order valence-corrected chi connectivity index (χ2v) is 9.39. The summed E-state index contributed by atoms with van der Waals surface area (Å²) in [7, 11) is 0. The van der Waals surface area contributed by atoms with Gasteiger partial charge < -0.3 is 53.5 Å². The summed E-state index contributed by atoms with van der Waals surface area (Å²) in [6.07, 6.45) is 1.93. The smallest absolute Gasteiger partial charge is 0.328 e. The van der Waals surface area contributed by atoms with Gasteiger partial charge in [-0.1, -0.05) is 12.1 Å². The molecule has 1 aromatic carbocycles. The van der Waals surface area contributed by atoms with Crippen molar-refractivity contribution >= 4 is 29.7 Å². The molecule has 13 N–H and O–H groups in total. The number of benzene rings is 1. The number of H-pyrrole nitrogens is 1. The number of nitrogens with zero attached hydrogens (tertiary/aromatic N) is 2. The van der Waals surface area contributed by atoms with Crippen molar-refractivity contribution in [2.24, 2.45) is 22.2 Å². The van der Waals surface area contributed by atoms with Crippen LogP contribution < -0.4 is 33.2 Å². The number of guanidine groups is 1. The molecule has 0 bridgehead atoms. The van der Waals surface area contributed by atoms with E-state index in [0.29, 0.717) is 17.7 Å². The summed E-state index contributed by atoms with van der Waals surface area (Å²) in [6.45, 7) is 1.46. The molecule has 0 aliphatic heterocycles. The van der Waals surface area contributed by atoms with Gasteiger partial charge in [0.05, 0.1) is 18.5 Å². The highest BCUT2D eigenvalue weighted by atomic mass is 16.4. The Morgan fingerprint density at radius 2 is 1.61 bits per heavy atom. The summed E-state index contributed by atoms with van der Waals surface area (Å²) in [6, 6.07) is 0.678. The Morgan fingerprint density at radius 3 is 2.17 bits per heavy atom. The fraction of sp³-hybridized carbons (Fsp3) is 0.440. The number of hydrogen-bond acceptors (Lipinski definition) is 9. The average Bonchev–Trinajstić information content (AvgIpc) is 3.42. The minimum Gasteiger partial charge on any atom is -0.508 e. The average molecular weight is 576 g/mol. The van der Waals surface area contributed by atoms with E-state index in [2.05, 4.69) is 30.9 Å². The van der Waals surface area contributed by atoms with Crippen molar-refractivity contribution in [2.45, 2.75) is 62.9 Å². The van der Waals surface area contributed by atoms with Gasteiger partial charge in [0.2, 0.25) is 17.7 Å². The Hall–Kier alpha value is -4.70. The minimum absolute atomic E-state index is 0.0178. The normalized spacial score (nSPS) is 14.5. The third kappa shape index (κ3) is 11.1. The van der Waals surface area contributed by atoms with Gasteiger partial charge in [-0.15, -0.1) is 0 Å². The van der Waals surface area contributed by atoms with Gasteiger partial charge in [-0.2, -0.15) is 0 Å². The molecule has 41 heavy (non-hydrogen) atoms. The van der Waals surface area contributed by atoms with Gasteiger partial charge in [0.1, 0.15) is 17.8 Å². The van der Waals surface area contributed by atoms with Crippen LogP contribution in [0, 0.1) is 0 Å². The Kier molecular flexibility index (Phi) is 12.5. The molecule has 16 nitrogen and oxygen atoms in total. The third-order valence-corrected chi connectivity index (χ3v) is 5.97. The first-order valence-corrected chi connectivity index (χ1v) is 12.8. The number of amides is 3. The van der Waals surface area contributed by atoms with E-state index >= 15 is 0 Å². The predicted octanol–water partition coefficient (Wildman–Crippen LogP) is -2.80. The van der Waals surface area contributed by atoms with Crippen LogP contribution >= 0.6 is 0 Å². The SMILES string of the molecule is CC(O)C(NC(=O)C(Cc1ccc(O)cc1)NC(=O)C(Cc1cnc[nH]1)NC(=O)C(N)CCCN=C(N)N)C(=O)O. The molecule has 224 valence electrons. The maximum atomic E-state index is 13.4. The number of carboxylic acids is 1. The van der Waals surface area contributed by atoms with Crippen LogP contribution in [0.3, 0.4) is 0 Å². The van der Waals surface area contributed by atoms with Gasteiger partial charge in [0.15, 0.2) is 12.0 Å². The number of rotatable bonds is 16. The van der Waals surface area contributed by atoms with E-state index in [1.54, 1.807) is 0 Å². The van der Waals surface area contributed by atoms with Gasteiger partial charge in [-0.05, 0) is 37.5 Å². The predicted molar refractivity (Wildman–Crippen MR) is 147 cm³/mol. The number of aliphatic carboxylic acids is 1. The number of carbonyl (C=O) groups excluding carboxylic acids is 3. The summed E-state index contributed by atoms with van der Waals surface area (Å²) in [5, 5.41) is 36.2. The molecule has 0 aliphatic carbocycles. The van der Waals surface area contributed by atoms with Crippen LogP contribution in [0.15, 0.2) is 41.8 Å². The van der Waals surface area contributed by atoms with Crippen LogP contribution in [-0.2, 0) is 32.0 Å². The number of carbonyl (C=O) groups is 4. The van der Waals surface area contributed by atoms with Gasteiger partial charge in [0, 0.05) is 31.3 Å². The van der Waals surface area contributed by atoms with E-state index in [1.807, 2.05) is 0 Å². The van der Waals surface area contributed by atoms with E-state index in [9.17, 15) is 34.5 Å². The van der Waals surface area contributed by atoms with Gasteiger partial charge >= 0.3 is 5.97 Å². The van der Waals surface area contributed by atoms with Crippen LogP contribution in [0.2, 0.25) is 0 Å². The first kappa shape index (κ1) is 32.5. The lowest BCUT2D eigenvalue weighted by Gasteiger charge is -2.26. The Morgan fingerprint density at radius 1 is 1.00 bits per heavy atom. The maximum absolute atomic E-state index is 13.4. The molecule has 0 saturated heterocycles.